The highest BCUT2D eigenvalue weighted by molar-refractivity contribution is 7.20. The summed E-state index contributed by atoms with van der Waals surface area (Å²) in [6.45, 7) is 7.21. The lowest BCUT2D eigenvalue weighted by atomic mass is 10.0. The lowest BCUT2D eigenvalue weighted by molar-refractivity contribution is 0.520. The van der Waals surface area contributed by atoms with Crippen molar-refractivity contribution in [3.63, 3.8) is 0 Å². The Kier molecular flexibility index (Phi) is 4.76. The summed E-state index contributed by atoms with van der Waals surface area (Å²) >= 11 is 7.97. The highest BCUT2D eigenvalue weighted by Crippen LogP contribution is 2.40. The van der Waals surface area contributed by atoms with Gasteiger partial charge in [0.1, 0.15) is 5.15 Å². The van der Waals surface area contributed by atoms with Crippen molar-refractivity contribution in [1.82, 2.24) is 4.98 Å². The Morgan fingerprint density at radius 3 is 2.87 bits per heavy atom. The van der Waals surface area contributed by atoms with E-state index >= 15 is 0 Å². The zero-order valence-corrected chi connectivity index (χ0v) is 15.3. The molecular weight excluding hydrogens is 326 g/mol. The smallest absolute Gasteiger partial charge is 0.131 e. The van der Waals surface area contributed by atoms with Crippen LogP contribution >= 0.6 is 22.9 Å². The second-order valence-corrected chi connectivity index (χ2v) is 7.78. The van der Waals surface area contributed by atoms with Crippen LogP contribution in [0, 0.1) is 12.8 Å². The van der Waals surface area contributed by atoms with Crippen molar-refractivity contribution >= 4 is 38.8 Å². The molecule has 1 unspecified atom stereocenters. The van der Waals surface area contributed by atoms with Gasteiger partial charge < -0.3 is 11.1 Å². The SMILES string of the molecule is Cc1c(C(N)C(C)C)sc2c(NCC3=CC=CC3)cc(Cl)nc12. The van der Waals surface area contributed by atoms with Crippen molar-refractivity contribution in [1.29, 1.82) is 0 Å². The third kappa shape index (κ3) is 3.30. The molecule has 122 valence electrons. The molecule has 23 heavy (non-hydrogen) atoms. The molecular formula is C18H22ClN3S. The van der Waals surface area contributed by atoms with Crippen LogP contribution in [0.1, 0.15) is 36.8 Å². The molecule has 2 aromatic heterocycles. The zero-order chi connectivity index (χ0) is 16.6. The molecule has 5 heteroatoms. The Labute approximate surface area is 146 Å². The normalized spacial score (nSPS) is 15.5. The maximum atomic E-state index is 6.38. The number of hydrogen-bond acceptors (Lipinski definition) is 4. The van der Waals surface area contributed by atoms with E-state index in [-0.39, 0.29) is 6.04 Å². The number of nitrogens with two attached hydrogens (primary N) is 1. The van der Waals surface area contributed by atoms with E-state index in [0.29, 0.717) is 11.1 Å². The summed E-state index contributed by atoms with van der Waals surface area (Å²) in [5, 5.41) is 4.03. The van der Waals surface area contributed by atoms with Gasteiger partial charge in [-0.1, -0.05) is 43.7 Å². The number of nitrogens with one attached hydrogen (secondary N) is 1. The van der Waals surface area contributed by atoms with E-state index in [9.17, 15) is 0 Å². The number of aryl methyl sites for hydroxylation is 1. The Balaban J connectivity index is 1.98. The number of anilines is 1. The Hall–Kier alpha value is -1.36. The standard InChI is InChI=1S/C18H22ClN3S/c1-10(2)15(20)17-11(3)16-18(23-17)13(8-14(19)22-16)21-9-12-6-4-5-7-12/h4-6,8,10,15H,7,9,20H2,1-3H3,(H,21,22). The number of thiophene rings is 1. The van der Waals surface area contributed by atoms with Gasteiger partial charge in [0.25, 0.3) is 0 Å². The van der Waals surface area contributed by atoms with Gasteiger partial charge in [0.15, 0.2) is 0 Å². The first-order valence-electron chi connectivity index (χ1n) is 7.91. The fraction of sp³-hybridized carbons (Fsp3) is 0.389. The molecule has 3 rings (SSSR count). The van der Waals surface area contributed by atoms with Gasteiger partial charge in [-0.05, 0) is 30.4 Å². The molecule has 0 aromatic carbocycles. The molecule has 1 atom stereocenters. The number of aromatic nitrogens is 1. The van der Waals surface area contributed by atoms with Gasteiger partial charge in [-0.3, -0.25) is 0 Å². The van der Waals surface area contributed by atoms with Crippen LogP contribution in [0.5, 0.6) is 0 Å². The number of halogens is 1. The molecule has 0 spiro atoms. The molecule has 1 aliphatic carbocycles. The van der Waals surface area contributed by atoms with Gasteiger partial charge >= 0.3 is 0 Å². The van der Waals surface area contributed by atoms with E-state index in [0.717, 1.165) is 34.4 Å². The van der Waals surface area contributed by atoms with E-state index in [1.54, 1.807) is 11.3 Å². The molecule has 0 radical (unpaired) electrons. The second-order valence-electron chi connectivity index (χ2n) is 6.34. The minimum Gasteiger partial charge on any atom is -0.380 e. The fourth-order valence-electron chi connectivity index (χ4n) is 2.75. The molecule has 0 saturated carbocycles. The second kappa shape index (κ2) is 6.63. The summed E-state index contributed by atoms with van der Waals surface area (Å²) in [6.07, 6.45) is 7.44. The summed E-state index contributed by atoms with van der Waals surface area (Å²) in [6, 6.07) is 1.94. The largest absolute Gasteiger partial charge is 0.380 e. The summed E-state index contributed by atoms with van der Waals surface area (Å²) in [4.78, 5) is 5.73. The van der Waals surface area contributed by atoms with Gasteiger partial charge in [0, 0.05) is 23.5 Å². The highest BCUT2D eigenvalue weighted by atomic mass is 35.5. The molecule has 2 aromatic rings. The molecule has 2 heterocycles. The number of hydrogen-bond donors (Lipinski definition) is 2. The third-order valence-electron chi connectivity index (χ3n) is 4.25. The molecule has 0 aliphatic heterocycles. The van der Waals surface area contributed by atoms with Crippen LogP contribution in [0.4, 0.5) is 5.69 Å². The van der Waals surface area contributed by atoms with E-state index in [1.165, 1.54) is 10.5 Å². The predicted octanol–water partition coefficient (Wildman–Crippen LogP) is 5.21. The monoisotopic (exact) mass is 347 g/mol. The van der Waals surface area contributed by atoms with Crippen molar-refractivity contribution in [2.24, 2.45) is 11.7 Å². The van der Waals surface area contributed by atoms with Crippen molar-refractivity contribution < 1.29 is 0 Å². The number of rotatable bonds is 5. The van der Waals surface area contributed by atoms with Crippen molar-refractivity contribution in [3.05, 3.63) is 45.5 Å². The number of pyridine rings is 1. The van der Waals surface area contributed by atoms with Crippen LogP contribution in [0.25, 0.3) is 10.2 Å². The Morgan fingerprint density at radius 1 is 1.43 bits per heavy atom. The van der Waals surface area contributed by atoms with Crippen LogP contribution in [0.3, 0.4) is 0 Å². The Bertz CT molecular complexity index is 789. The van der Waals surface area contributed by atoms with Crippen molar-refractivity contribution in [2.75, 3.05) is 11.9 Å². The van der Waals surface area contributed by atoms with Crippen LogP contribution in [0.15, 0.2) is 29.9 Å². The lowest BCUT2D eigenvalue weighted by Crippen LogP contribution is -2.16. The number of nitrogens with zero attached hydrogens (tertiary/aromatic N) is 1. The van der Waals surface area contributed by atoms with Crippen LogP contribution < -0.4 is 11.1 Å². The van der Waals surface area contributed by atoms with Crippen molar-refractivity contribution in [2.45, 2.75) is 33.2 Å². The summed E-state index contributed by atoms with van der Waals surface area (Å²) in [5.41, 5.74) is 10.9. The predicted molar refractivity (Wildman–Crippen MR) is 101 cm³/mol. The average Bonchev–Trinajstić information content (AvgIpc) is 3.13. The molecule has 1 aliphatic rings. The zero-order valence-electron chi connectivity index (χ0n) is 13.7. The highest BCUT2D eigenvalue weighted by Gasteiger charge is 2.20. The maximum Gasteiger partial charge on any atom is 0.131 e. The van der Waals surface area contributed by atoms with Crippen LogP contribution in [0.2, 0.25) is 5.15 Å². The minimum atomic E-state index is 0.0302. The topological polar surface area (TPSA) is 50.9 Å². The first-order chi connectivity index (χ1) is 11.0. The molecule has 0 fully saturated rings. The van der Waals surface area contributed by atoms with E-state index in [1.807, 2.05) is 6.07 Å². The van der Waals surface area contributed by atoms with E-state index < -0.39 is 0 Å². The van der Waals surface area contributed by atoms with Gasteiger partial charge in [-0.25, -0.2) is 4.98 Å². The molecule has 0 saturated heterocycles. The van der Waals surface area contributed by atoms with Gasteiger partial charge in [0.05, 0.1) is 15.9 Å². The summed E-state index contributed by atoms with van der Waals surface area (Å²) in [7, 11) is 0. The minimum absolute atomic E-state index is 0.0302. The molecule has 0 bridgehead atoms. The van der Waals surface area contributed by atoms with E-state index in [2.05, 4.69) is 49.3 Å². The van der Waals surface area contributed by atoms with Gasteiger partial charge in [-0.2, -0.15) is 0 Å². The molecule has 3 N–H and O–H groups in total. The van der Waals surface area contributed by atoms with E-state index in [4.69, 9.17) is 17.3 Å². The van der Waals surface area contributed by atoms with Gasteiger partial charge in [-0.15, -0.1) is 11.3 Å². The van der Waals surface area contributed by atoms with Gasteiger partial charge in [0.2, 0.25) is 0 Å². The third-order valence-corrected chi connectivity index (χ3v) is 5.86. The van der Waals surface area contributed by atoms with Crippen LogP contribution in [-0.2, 0) is 0 Å². The first kappa shape index (κ1) is 16.5. The number of fused-ring (bicyclic) bond motifs is 1. The van der Waals surface area contributed by atoms with Crippen LogP contribution in [-0.4, -0.2) is 11.5 Å². The molecule has 0 amide bonds. The quantitative estimate of drug-likeness (QED) is 0.730. The lowest BCUT2D eigenvalue weighted by Gasteiger charge is -2.14. The molecule has 3 nitrogen and oxygen atoms in total. The summed E-state index contributed by atoms with van der Waals surface area (Å²) in [5.74, 6) is 0.392. The maximum absolute atomic E-state index is 6.38. The summed E-state index contributed by atoms with van der Waals surface area (Å²) < 4.78 is 1.14. The fourth-order valence-corrected chi connectivity index (χ4v) is 4.35. The first-order valence-corrected chi connectivity index (χ1v) is 9.10. The van der Waals surface area contributed by atoms with Crippen molar-refractivity contribution in [3.8, 4) is 0 Å². The Morgan fingerprint density at radius 2 is 2.22 bits per heavy atom. The number of allylic oxidation sites excluding steroid dienone is 3. The average molecular weight is 348 g/mol.